The van der Waals surface area contributed by atoms with Crippen molar-refractivity contribution in [3.05, 3.63) is 40.0 Å². The smallest absolute Gasteiger partial charge is 0.232 e. The fraction of sp³-hybridized carbons (Fsp3) is 0.267. The zero-order chi connectivity index (χ0) is 15.0. The van der Waals surface area contributed by atoms with Gasteiger partial charge in [0.1, 0.15) is 5.69 Å². The predicted molar refractivity (Wildman–Crippen MR) is 82.7 cm³/mol. The van der Waals surface area contributed by atoms with E-state index in [-0.39, 0.29) is 12.3 Å². The average Bonchev–Trinajstić information content (AvgIpc) is 2.98. The number of nitrogens with one attached hydrogen (secondary N) is 1. The number of hydrogen-bond acceptors (Lipinski definition) is 5. The number of carbonyl (C=O) groups is 1. The molecule has 0 spiro atoms. The Morgan fingerprint density at radius 1 is 1.29 bits per heavy atom. The largest absolute Gasteiger partial charge is 0.356 e. The van der Waals surface area contributed by atoms with Crippen molar-refractivity contribution >= 4 is 33.3 Å². The van der Waals surface area contributed by atoms with E-state index in [9.17, 15) is 4.79 Å². The Morgan fingerprint density at radius 2 is 2.05 bits per heavy atom. The Balaban J connectivity index is 1.81. The minimum atomic E-state index is -0.141. The second-order valence-electron chi connectivity index (χ2n) is 5.06. The Bertz CT molecular complexity index is 820. The van der Waals surface area contributed by atoms with E-state index < -0.39 is 0 Å². The lowest BCUT2D eigenvalue weighted by molar-refractivity contribution is -0.115. The molecule has 0 aliphatic rings. The third-order valence-corrected chi connectivity index (χ3v) is 4.18. The summed E-state index contributed by atoms with van der Waals surface area (Å²) in [4.78, 5) is 17.2. The van der Waals surface area contributed by atoms with Crippen molar-refractivity contribution in [1.29, 1.82) is 0 Å². The highest BCUT2D eigenvalue weighted by Gasteiger charge is 2.14. The predicted octanol–water partition coefficient (Wildman–Crippen LogP) is 3.39. The van der Waals surface area contributed by atoms with Crippen molar-refractivity contribution in [2.24, 2.45) is 0 Å². The summed E-state index contributed by atoms with van der Waals surface area (Å²) in [5, 5.41) is 8.29. The molecule has 0 bridgehead atoms. The van der Waals surface area contributed by atoms with Gasteiger partial charge in [0.15, 0.2) is 10.7 Å². The van der Waals surface area contributed by atoms with Gasteiger partial charge in [-0.3, -0.25) is 4.79 Å². The van der Waals surface area contributed by atoms with Crippen LogP contribution in [0.25, 0.3) is 11.0 Å². The van der Waals surface area contributed by atoms with E-state index in [1.807, 2.05) is 32.9 Å². The Morgan fingerprint density at radius 3 is 2.76 bits per heavy atom. The Labute approximate surface area is 126 Å². The van der Waals surface area contributed by atoms with Gasteiger partial charge < -0.3 is 9.84 Å². The van der Waals surface area contributed by atoms with Gasteiger partial charge in [-0.25, -0.2) is 4.98 Å². The zero-order valence-electron chi connectivity index (χ0n) is 12.1. The molecule has 0 radical (unpaired) electrons. The van der Waals surface area contributed by atoms with Crippen molar-refractivity contribution in [3.8, 4) is 0 Å². The van der Waals surface area contributed by atoms with E-state index in [1.165, 1.54) is 11.3 Å². The summed E-state index contributed by atoms with van der Waals surface area (Å²) >= 11 is 1.45. The first-order valence-corrected chi connectivity index (χ1v) is 7.42. The minimum absolute atomic E-state index is 0.141. The molecule has 1 amide bonds. The summed E-state index contributed by atoms with van der Waals surface area (Å²) in [5.41, 5.74) is 3.67. The van der Waals surface area contributed by atoms with Gasteiger partial charge in [0, 0.05) is 16.5 Å². The number of amides is 1. The molecule has 108 valence electrons. The average molecular weight is 301 g/mol. The lowest BCUT2D eigenvalue weighted by Crippen LogP contribution is -2.14. The third-order valence-electron chi connectivity index (χ3n) is 3.36. The molecule has 0 atom stereocenters. The molecule has 1 aromatic carbocycles. The van der Waals surface area contributed by atoms with Gasteiger partial charge in [-0.05, 0) is 44.0 Å². The van der Waals surface area contributed by atoms with E-state index in [1.54, 1.807) is 6.20 Å². The minimum Gasteiger partial charge on any atom is -0.356 e. The molecule has 3 rings (SSSR count). The van der Waals surface area contributed by atoms with Crippen LogP contribution in [0.3, 0.4) is 0 Å². The monoisotopic (exact) mass is 301 g/mol. The van der Waals surface area contributed by atoms with Crippen molar-refractivity contribution in [2.75, 3.05) is 5.32 Å². The summed E-state index contributed by atoms with van der Waals surface area (Å²) in [5.74, 6) is -0.141. The standard InChI is InChI=1S/C15H15N3O2S/c1-8-4-11-12(18-20-13(11)5-9(8)2)6-14(19)17-15-16-7-10(3)21-15/h4-5,7H,6H2,1-3H3,(H,16,17,19). The lowest BCUT2D eigenvalue weighted by Gasteiger charge is -2.01. The van der Waals surface area contributed by atoms with E-state index in [0.717, 1.165) is 21.4 Å². The molecule has 0 aliphatic heterocycles. The number of carbonyl (C=O) groups excluding carboxylic acids is 1. The lowest BCUT2D eigenvalue weighted by atomic mass is 10.1. The second kappa shape index (κ2) is 5.29. The highest BCUT2D eigenvalue weighted by Crippen LogP contribution is 2.23. The molecule has 1 N–H and O–H groups in total. The molecule has 0 saturated heterocycles. The van der Waals surface area contributed by atoms with Crippen LogP contribution in [0.1, 0.15) is 21.7 Å². The molecule has 2 heterocycles. The maximum Gasteiger partial charge on any atom is 0.232 e. The summed E-state index contributed by atoms with van der Waals surface area (Å²) in [6, 6.07) is 3.96. The van der Waals surface area contributed by atoms with Crippen LogP contribution in [0.5, 0.6) is 0 Å². The number of nitrogens with zero attached hydrogens (tertiary/aromatic N) is 2. The van der Waals surface area contributed by atoms with Crippen LogP contribution >= 0.6 is 11.3 Å². The van der Waals surface area contributed by atoms with Gasteiger partial charge in [0.05, 0.1) is 6.42 Å². The number of anilines is 1. The van der Waals surface area contributed by atoms with Crippen LogP contribution in [-0.4, -0.2) is 16.0 Å². The van der Waals surface area contributed by atoms with Gasteiger partial charge in [-0.2, -0.15) is 0 Å². The molecular formula is C15H15N3O2S. The number of thiazole rings is 1. The zero-order valence-corrected chi connectivity index (χ0v) is 12.9. The maximum atomic E-state index is 12.1. The molecule has 0 unspecified atom stereocenters. The fourth-order valence-corrected chi connectivity index (χ4v) is 2.78. The van der Waals surface area contributed by atoms with Crippen LogP contribution in [-0.2, 0) is 11.2 Å². The molecule has 2 aromatic heterocycles. The fourth-order valence-electron chi connectivity index (χ4n) is 2.10. The van der Waals surface area contributed by atoms with Crippen LogP contribution < -0.4 is 5.32 Å². The highest BCUT2D eigenvalue weighted by molar-refractivity contribution is 7.15. The van der Waals surface area contributed by atoms with Crippen molar-refractivity contribution in [2.45, 2.75) is 27.2 Å². The summed E-state index contributed by atoms with van der Waals surface area (Å²) in [7, 11) is 0. The summed E-state index contributed by atoms with van der Waals surface area (Å²) in [6.07, 6.45) is 1.91. The molecular weight excluding hydrogens is 286 g/mol. The van der Waals surface area contributed by atoms with Gasteiger partial charge >= 0.3 is 0 Å². The number of aryl methyl sites for hydroxylation is 3. The molecule has 0 aliphatic carbocycles. The van der Waals surface area contributed by atoms with Crippen molar-refractivity contribution < 1.29 is 9.32 Å². The van der Waals surface area contributed by atoms with Crippen molar-refractivity contribution in [1.82, 2.24) is 10.1 Å². The molecule has 0 fully saturated rings. The van der Waals surface area contributed by atoms with Crippen LogP contribution in [0.15, 0.2) is 22.9 Å². The first kappa shape index (κ1) is 13.8. The van der Waals surface area contributed by atoms with Crippen LogP contribution in [0, 0.1) is 20.8 Å². The van der Waals surface area contributed by atoms with Crippen LogP contribution in [0.2, 0.25) is 0 Å². The van der Waals surface area contributed by atoms with Crippen molar-refractivity contribution in [3.63, 3.8) is 0 Å². The SMILES string of the molecule is Cc1cnc(NC(=O)Cc2noc3cc(C)c(C)cc23)s1. The van der Waals surface area contributed by atoms with E-state index in [4.69, 9.17) is 4.52 Å². The molecule has 5 nitrogen and oxygen atoms in total. The summed E-state index contributed by atoms with van der Waals surface area (Å²) < 4.78 is 5.30. The number of hydrogen-bond donors (Lipinski definition) is 1. The quantitative estimate of drug-likeness (QED) is 0.805. The second-order valence-corrected chi connectivity index (χ2v) is 6.30. The van der Waals surface area contributed by atoms with Gasteiger partial charge in [-0.1, -0.05) is 5.16 Å². The molecule has 21 heavy (non-hydrogen) atoms. The molecule has 3 aromatic rings. The maximum absolute atomic E-state index is 12.1. The number of rotatable bonds is 3. The topological polar surface area (TPSA) is 68.0 Å². The number of aromatic nitrogens is 2. The Hall–Kier alpha value is -2.21. The highest BCUT2D eigenvalue weighted by atomic mass is 32.1. The normalized spacial score (nSPS) is 11.0. The number of fused-ring (bicyclic) bond motifs is 1. The van der Waals surface area contributed by atoms with Crippen LogP contribution in [0.4, 0.5) is 5.13 Å². The van der Waals surface area contributed by atoms with Gasteiger partial charge in [-0.15, -0.1) is 11.3 Å². The van der Waals surface area contributed by atoms with E-state index in [0.29, 0.717) is 16.4 Å². The molecule has 0 saturated carbocycles. The van der Waals surface area contributed by atoms with Gasteiger partial charge in [0.25, 0.3) is 0 Å². The number of benzene rings is 1. The summed E-state index contributed by atoms with van der Waals surface area (Å²) in [6.45, 7) is 6.00. The first-order chi connectivity index (χ1) is 10.0. The van der Waals surface area contributed by atoms with E-state index in [2.05, 4.69) is 15.5 Å². The molecule has 6 heteroatoms. The Kier molecular flexibility index (Phi) is 3.47. The third kappa shape index (κ3) is 2.80. The first-order valence-electron chi connectivity index (χ1n) is 6.60. The van der Waals surface area contributed by atoms with E-state index >= 15 is 0 Å². The van der Waals surface area contributed by atoms with Gasteiger partial charge in [0.2, 0.25) is 5.91 Å².